The Labute approximate surface area is 183 Å². The molecule has 8 heteroatoms. The molecular formula is C23H20ClFN2O4. The molecule has 0 radical (unpaired) electrons. The van der Waals surface area contributed by atoms with Gasteiger partial charge in [0.05, 0.1) is 29.5 Å². The van der Waals surface area contributed by atoms with Crippen molar-refractivity contribution in [3.63, 3.8) is 0 Å². The van der Waals surface area contributed by atoms with Gasteiger partial charge in [-0.15, -0.1) is 0 Å². The smallest absolute Gasteiger partial charge is 0.261 e. The van der Waals surface area contributed by atoms with Crippen molar-refractivity contribution in [3.05, 3.63) is 63.4 Å². The zero-order chi connectivity index (χ0) is 21.7. The lowest BCUT2D eigenvalue weighted by atomic mass is 9.99. The van der Waals surface area contributed by atoms with Gasteiger partial charge in [0.15, 0.2) is 0 Å². The summed E-state index contributed by atoms with van der Waals surface area (Å²) in [7, 11) is 0. The number of fused-ring (bicyclic) bond motifs is 2. The lowest BCUT2D eigenvalue weighted by Crippen LogP contribution is -2.37. The van der Waals surface area contributed by atoms with Crippen LogP contribution >= 0.6 is 11.6 Å². The normalized spacial score (nSPS) is 20.3. The summed E-state index contributed by atoms with van der Waals surface area (Å²) in [6.45, 7) is 1.20. The van der Waals surface area contributed by atoms with Crippen molar-refractivity contribution in [3.8, 4) is 0 Å². The summed E-state index contributed by atoms with van der Waals surface area (Å²) in [5.41, 5.74) is 1.61. The van der Waals surface area contributed by atoms with Crippen molar-refractivity contribution < 1.29 is 23.5 Å². The lowest BCUT2D eigenvalue weighted by molar-refractivity contribution is 0.0475. The fourth-order valence-corrected chi connectivity index (χ4v) is 4.82. The Morgan fingerprint density at radius 3 is 2.71 bits per heavy atom. The van der Waals surface area contributed by atoms with Crippen molar-refractivity contribution in [2.75, 3.05) is 24.6 Å². The van der Waals surface area contributed by atoms with Gasteiger partial charge in [0.1, 0.15) is 5.82 Å². The van der Waals surface area contributed by atoms with Crippen LogP contribution in [0.25, 0.3) is 0 Å². The molecule has 5 rings (SSSR count). The third kappa shape index (κ3) is 3.42. The topological polar surface area (TPSA) is 66.9 Å². The Kier molecular flexibility index (Phi) is 5.02. The Hall–Kier alpha value is -2.77. The van der Waals surface area contributed by atoms with Crippen molar-refractivity contribution >= 4 is 35.0 Å². The number of benzene rings is 2. The summed E-state index contributed by atoms with van der Waals surface area (Å²) in [6, 6.07) is 7.33. The van der Waals surface area contributed by atoms with E-state index in [1.165, 1.54) is 34.1 Å². The van der Waals surface area contributed by atoms with Gasteiger partial charge in [-0.2, -0.15) is 0 Å². The molecule has 0 bridgehead atoms. The molecule has 0 aromatic heterocycles. The summed E-state index contributed by atoms with van der Waals surface area (Å²) in [5, 5.41) is 0.290. The van der Waals surface area contributed by atoms with Gasteiger partial charge in [0, 0.05) is 23.7 Å². The van der Waals surface area contributed by atoms with E-state index in [2.05, 4.69) is 0 Å². The third-order valence-electron chi connectivity index (χ3n) is 6.08. The first-order valence-corrected chi connectivity index (χ1v) is 10.7. The zero-order valence-corrected chi connectivity index (χ0v) is 17.5. The molecule has 0 N–H and O–H groups in total. The van der Waals surface area contributed by atoms with E-state index in [1.54, 1.807) is 6.07 Å². The van der Waals surface area contributed by atoms with E-state index in [4.69, 9.17) is 16.3 Å². The van der Waals surface area contributed by atoms with Crippen molar-refractivity contribution in [2.24, 2.45) is 0 Å². The second-order valence-electron chi connectivity index (χ2n) is 8.07. The summed E-state index contributed by atoms with van der Waals surface area (Å²) in [6.07, 6.45) is 2.87. The molecule has 1 unspecified atom stereocenters. The van der Waals surface area contributed by atoms with Crippen molar-refractivity contribution in [1.29, 1.82) is 0 Å². The number of imide groups is 1. The van der Waals surface area contributed by atoms with Gasteiger partial charge >= 0.3 is 0 Å². The third-order valence-corrected chi connectivity index (χ3v) is 6.30. The van der Waals surface area contributed by atoms with Crippen LogP contribution in [0.15, 0.2) is 30.3 Å². The van der Waals surface area contributed by atoms with Crippen LogP contribution in [0.2, 0.25) is 5.02 Å². The molecule has 3 aliphatic rings. The van der Waals surface area contributed by atoms with E-state index >= 15 is 0 Å². The molecule has 160 valence electrons. The molecule has 0 spiro atoms. The highest BCUT2D eigenvalue weighted by Crippen LogP contribution is 2.34. The summed E-state index contributed by atoms with van der Waals surface area (Å²) in [5.74, 6) is -1.77. The second-order valence-corrected chi connectivity index (χ2v) is 8.51. The molecule has 0 saturated carbocycles. The summed E-state index contributed by atoms with van der Waals surface area (Å²) in [4.78, 5) is 41.4. The van der Waals surface area contributed by atoms with Gasteiger partial charge in [-0.3, -0.25) is 19.3 Å². The van der Waals surface area contributed by atoms with E-state index in [1.807, 2.05) is 0 Å². The number of carbonyl (C=O) groups is 3. The fourth-order valence-electron chi connectivity index (χ4n) is 4.59. The van der Waals surface area contributed by atoms with E-state index < -0.39 is 17.6 Å². The quantitative estimate of drug-likeness (QED) is 0.677. The maximum absolute atomic E-state index is 14.6. The first-order chi connectivity index (χ1) is 14.9. The number of carbonyl (C=O) groups excluding carboxylic acids is 3. The lowest BCUT2D eigenvalue weighted by Gasteiger charge is -2.30. The molecule has 31 heavy (non-hydrogen) atoms. The van der Waals surface area contributed by atoms with Crippen LogP contribution in [0.4, 0.5) is 10.1 Å². The second kappa shape index (κ2) is 7.73. The van der Waals surface area contributed by atoms with Crippen LogP contribution in [0.3, 0.4) is 0 Å². The standard InChI is InChI=1S/C23H20ClFN2O4/c24-15-9-13-3-1-7-26(20(13)19(25)11-15)21(28)14-5-6-17-18(10-14)23(30)27(22(17)29)12-16-4-2-8-31-16/h5-6,9-11,16H,1-4,7-8,12H2. The molecule has 1 fully saturated rings. The number of halogens is 2. The molecule has 2 aromatic rings. The van der Waals surface area contributed by atoms with Crippen LogP contribution < -0.4 is 4.90 Å². The molecule has 6 nitrogen and oxygen atoms in total. The fraction of sp³-hybridized carbons (Fsp3) is 0.348. The maximum atomic E-state index is 14.6. The highest BCUT2D eigenvalue weighted by Gasteiger charge is 2.38. The molecular weight excluding hydrogens is 423 g/mol. The summed E-state index contributed by atoms with van der Waals surface area (Å²) >= 11 is 5.97. The van der Waals surface area contributed by atoms with E-state index in [0.29, 0.717) is 36.6 Å². The number of ether oxygens (including phenoxy) is 1. The predicted molar refractivity (Wildman–Crippen MR) is 112 cm³/mol. The number of nitrogens with zero attached hydrogens (tertiary/aromatic N) is 2. The van der Waals surface area contributed by atoms with Crippen LogP contribution in [0.1, 0.15) is 55.9 Å². The molecule has 1 saturated heterocycles. The molecule has 3 amide bonds. The van der Waals surface area contributed by atoms with Gasteiger partial charge in [-0.25, -0.2) is 4.39 Å². The SMILES string of the molecule is O=C1c2ccc(C(=O)N3CCCc4cc(Cl)cc(F)c43)cc2C(=O)N1CC1CCCO1. The van der Waals surface area contributed by atoms with E-state index in [0.717, 1.165) is 12.8 Å². The molecule has 1 atom stereocenters. The van der Waals surface area contributed by atoms with Crippen LogP contribution in [0.5, 0.6) is 0 Å². The summed E-state index contributed by atoms with van der Waals surface area (Å²) < 4.78 is 20.2. The number of aryl methyl sites for hydroxylation is 1. The van der Waals surface area contributed by atoms with Gasteiger partial charge in [-0.05, 0) is 61.6 Å². The monoisotopic (exact) mass is 442 g/mol. The Balaban J connectivity index is 1.44. The first kappa shape index (κ1) is 20.2. The largest absolute Gasteiger partial charge is 0.376 e. The van der Waals surface area contributed by atoms with Gasteiger partial charge < -0.3 is 9.64 Å². The molecule has 0 aliphatic carbocycles. The molecule has 3 heterocycles. The minimum Gasteiger partial charge on any atom is -0.376 e. The minimum atomic E-state index is -0.550. The highest BCUT2D eigenvalue weighted by atomic mass is 35.5. The Morgan fingerprint density at radius 1 is 1.13 bits per heavy atom. The van der Waals surface area contributed by atoms with Crippen molar-refractivity contribution in [1.82, 2.24) is 4.90 Å². The number of anilines is 1. The number of rotatable bonds is 3. The van der Waals surface area contributed by atoms with Gasteiger partial charge in [0.25, 0.3) is 17.7 Å². The number of hydrogen-bond acceptors (Lipinski definition) is 4. The zero-order valence-electron chi connectivity index (χ0n) is 16.7. The van der Waals surface area contributed by atoms with E-state index in [-0.39, 0.29) is 40.9 Å². The average Bonchev–Trinajstić information content (AvgIpc) is 3.35. The Morgan fingerprint density at radius 2 is 1.94 bits per heavy atom. The molecule has 3 aliphatic heterocycles. The van der Waals surface area contributed by atoms with E-state index in [9.17, 15) is 18.8 Å². The highest BCUT2D eigenvalue weighted by molar-refractivity contribution is 6.30. The minimum absolute atomic E-state index is 0.150. The van der Waals surface area contributed by atoms with Gasteiger partial charge in [-0.1, -0.05) is 11.6 Å². The van der Waals surface area contributed by atoms with Crippen LogP contribution in [-0.2, 0) is 11.2 Å². The number of amides is 3. The van der Waals surface area contributed by atoms with Crippen LogP contribution in [-0.4, -0.2) is 48.4 Å². The number of hydrogen-bond donors (Lipinski definition) is 0. The Bertz CT molecular complexity index is 1110. The first-order valence-electron chi connectivity index (χ1n) is 10.4. The molecule has 2 aromatic carbocycles. The van der Waals surface area contributed by atoms with Gasteiger partial charge in [0.2, 0.25) is 0 Å². The maximum Gasteiger partial charge on any atom is 0.261 e. The van der Waals surface area contributed by atoms with Crippen LogP contribution in [0, 0.1) is 5.82 Å². The predicted octanol–water partition coefficient (Wildman–Crippen LogP) is 3.85. The average molecular weight is 443 g/mol. The van der Waals surface area contributed by atoms with Crippen molar-refractivity contribution in [2.45, 2.75) is 31.8 Å².